The van der Waals surface area contributed by atoms with Crippen molar-refractivity contribution in [2.24, 2.45) is 5.41 Å². The van der Waals surface area contributed by atoms with Crippen molar-refractivity contribution >= 4 is 0 Å². The van der Waals surface area contributed by atoms with Crippen LogP contribution in [-0.2, 0) is 6.54 Å². The van der Waals surface area contributed by atoms with Gasteiger partial charge in [-0.1, -0.05) is 12.8 Å². The Hall–Kier alpha value is -0.960. The molecule has 18 heavy (non-hydrogen) atoms. The Labute approximate surface area is 109 Å². The summed E-state index contributed by atoms with van der Waals surface area (Å²) in [7, 11) is 0. The second kappa shape index (κ2) is 5.35. The van der Waals surface area contributed by atoms with E-state index in [0.29, 0.717) is 6.04 Å². The summed E-state index contributed by atoms with van der Waals surface area (Å²) in [5.74, 6) is 0. The van der Waals surface area contributed by atoms with Crippen molar-refractivity contribution in [2.75, 3.05) is 0 Å². The van der Waals surface area contributed by atoms with Crippen molar-refractivity contribution in [2.45, 2.75) is 64.0 Å². The van der Waals surface area contributed by atoms with Gasteiger partial charge in [0.05, 0.1) is 5.69 Å². The summed E-state index contributed by atoms with van der Waals surface area (Å²) in [6.45, 7) is 0.867. The van der Waals surface area contributed by atoms with Crippen molar-refractivity contribution in [3.63, 3.8) is 0 Å². The van der Waals surface area contributed by atoms with Crippen LogP contribution in [0.5, 0.6) is 0 Å². The molecule has 0 unspecified atom stereocenters. The first-order valence-electron chi connectivity index (χ1n) is 7.36. The summed E-state index contributed by atoms with van der Waals surface area (Å²) in [5, 5.41) is 11.7. The number of nitrogens with zero attached hydrogens (tertiary/aromatic N) is 2. The summed E-state index contributed by atoms with van der Waals surface area (Å²) in [6, 6.07) is 4.69. The summed E-state index contributed by atoms with van der Waals surface area (Å²) >= 11 is 0. The van der Waals surface area contributed by atoms with E-state index >= 15 is 0 Å². The average Bonchev–Trinajstić information content (AvgIpc) is 2.88. The van der Waals surface area contributed by atoms with Crippen LogP contribution < -0.4 is 5.32 Å². The second-order valence-electron chi connectivity index (χ2n) is 6.08. The Morgan fingerprint density at radius 2 is 1.94 bits per heavy atom. The highest BCUT2D eigenvalue weighted by atomic mass is 15.1. The molecule has 1 heterocycles. The highest BCUT2D eigenvalue weighted by Gasteiger charge is 2.37. The Balaban J connectivity index is 1.46. The first-order valence-corrected chi connectivity index (χ1v) is 7.36. The zero-order chi connectivity index (χ0) is 12.3. The van der Waals surface area contributed by atoms with Crippen LogP contribution in [0.25, 0.3) is 0 Å². The molecule has 3 rings (SSSR count). The lowest BCUT2D eigenvalue weighted by molar-refractivity contribution is 0.168. The Bertz CT molecular complexity index is 361. The van der Waals surface area contributed by atoms with Gasteiger partial charge in [-0.3, -0.25) is 0 Å². The molecule has 2 fully saturated rings. The number of aromatic nitrogens is 2. The van der Waals surface area contributed by atoms with Gasteiger partial charge in [-0.2, -0.15) is 10.2 Å². The molecule has 1 aromatic heterocycles. The van der Waals surface area contributed by atoms with Crippen molar-refractivity contribution in [3.8, 4) is 0 Å². The molecular formula is C15H23N3. The lowest BCUT2D eigenvalue weighted by atomic mass is 9.71. The Morgan fingerprint density at radius 1 is 1.17 bits per heavy atom. The van der Waals surface area contributed by atoms with Gasteiger partial charge in [0, 0.05) is 18.8 Å². The maximum absolute atomic E-state index is 4.12. The highest BCUT2D eigenvalue weighted by Crippen LogP contribution is 2.48. The molecule has 3 heteroatoms. The predicted molar refractivity (Wildman–Crippen MR) is 72.0 cm³/mol. The SMILES string of the molecule is c1cnnc(CNC2CCC3(CCCC3)CC2)c1. The zero-order valence-electron chi connectivity index (χ0n) is 11.1. The van der Waals surface area contributed by atoms with Gasteiger partial charge >= 0.3 is 0 Å². The minimum absolute atomic E-state index is 0.693. The Morgan fingerprint density at radius 3 is 2.61 bits per heavy atom. The average molecular weight is 245 g/mol. The fourth-order valence-electron chi connectivity index (χ4n) is 3.74. The molecule has 0 saturated heterocycles. The van der Waals surface area contributed by atoms with Crippen LogP contribution in [-0.4, -0.2) is 16.2 Å². The fraction of sp³-hybridized carbons (Fsp3) is 0.733. The van der Waals surface area contributed by atoms with Crippen LogP contribution in [0.2, 0.25) is 0 Å². The van der Waals surface area contributed by atoms with Crippen LogP contribution in [0.3, 0.4) is 0 Å². The van der Waals surface area contributed by atoms with E-state index in [-0.39, 0.29) is 0 Å². The lowest BCUT2D eigenvalue weighted by Crippen LogP contribution is -2.36. The number of hydrogen-bond donors (Lipinski definition) is 1. The van der Waals surface area contributed by atoms with Gasteiger partial charge in [0.2, 0.25) is 0 Å². The molecule has 0 amide bonds. The van der Waals surface area contributed by atoms with Gasteiger partial charge in [0.1, 0.15) is 0 Å². The number of rotatable bonds is 3. The van der Waals surface area contributed by atoms with Crippen LogP contribution >= 0.6 is 0 Å². The van der Waals surface area contributed by atoms with Crippen LogP contribution in [0, 0.1) is 5.41 Å². The first-order chi connectivity index (χ1) is 8.86. The zero-order valence-corrected chi connectivity index (χ0v) is 11.1. The minimum atomic E-state index is 0.693. The second-order valence-corrected chi connectivity index (χ2v) is 6.08. The molecule has 2 aliphatic rings. The standard InChI is InChI=1S/C15H23N3/c1-2-8-15(7-1)9-5-13(6-10-15)16-12-14-4-3-11-17-18-14/h3-4,11,13,16H,1-2,5-10,12H2. The van der Waals surface area contributed by atoms with Gasteiger partial charge in [-0.15, -0.1) is 0 Å². The van der Waals surface area contributed by atoms with E-state index in [1.54, 1.807) is 6.20 Å². The van der Waals surface area contributed by atoms with Gasteiger partial charge < -0.3 is 5.32 Å². The predicted octanol–water partition coefficient (Wildman–Crippen LogP) is 3.07. The third-order valence-electron chi connectivity index (χ3n) is 4.91. The molecule has 2 saturated carbocycles. The summed E-state index contributed by atoms with van der Waals surface area (Å²) < 4.78 is 0. The molecule has 0 radical (unpaired) electrons. The molecular weight excluding hydrogens is 222 g/mol. The molecule has 1 spiro atoms. The highest BCUT2D eigenvalue weighted by molar-refractivity contribution is 4.99. The van der Waals surface area contributed by atoms with E-state index in [1.165, 1.54) is 51.4 Å². The normalized spacial score (nSPS) is 23.6. The van der Waals surface area contributed by atoms with Gasteiger partial charge in [-0.25, -0.2) is 0 Å². The topological polar surface area (TPSA) is 37.8 Å². The molecule has 2 aliphatic carbocycles. The van der Waals surface area contributed by atoms with Crippen molar-refractivity contribution in [1.29, 1.82) is 0 Å². The molecule has 0 bridgehead atoms. The third kappa shape index (κ3) is 2.72. The molecule has 1 aromatic rings. The van der Waals surface area contributed by atoms with Crippen LogP contribution in [0.1, 0.15) is 57.1 Å². The quantitative estimate of drug-likeness (QED) is 0.889. The van der Waals surface area contributed by atoms with E-state index in [0.717, 1.165) is 17.7 Å². The van der Waals surface area contributed by atoms with Gasteiger partial charge in [0.25, 0.3) is 0 Å². The third-order valence-corrected chi connectivity index (χ3v) is 4.91. The molecule has 3 nitrogen and oxygen atoms in total. The molecule has 98 valence electrons. The Kier molecular flexibility index (Phi) is 3.59. The van der Waals surface area contributed by atoms with Crippen LogP contribution in [0.15, 0.2) is 18.3 Å². The number of hydrogen-bond acceptors (Lipinski definition) is 3. The fourth-order valence-corrected chi connectivity index (χ4v) is 3.74. The molecule has 1 N–H and O–H groups in total. The van der Waals surface area contributed by atoms with Crippen molar-refractivity contribution in [3.05, 3.63) is 24.0 Å². The van der Waals surface area contributed by atoms with Gasteiger partial charge in [0.15, 0.2) is 0 Å². The summed E-state index contributed by atoms with van der Waals surface area (Å²) in [6.07, 6.45) is 13.2. The number of nitrogens with one attached hydrogen (secondary N) is 1. The smallest absolute Gasteiger partial charge is 0.0769 e. The van der Waals surface area contributed by atoms with E-state index in [9.17, 15) is 0 Å². The summed E-state index contributed by atoms with van der Waals surface area (Å²) in [4.78, 5) is 0. The van der Waals surface area contributed by atoms with E-state index < -0.39 is 0 Å². The largest absolute Gasteiger partial charge is 0.308 e. The van der Waals surface area contributed by atoms with E-state index in [4.69, 9.17) is 0 Å². The van der Waals surface area contributed by atoms with E-state index in [2.05, 4.69) is 15.5 Å². The first kappa shape index (κ1) is 12.1. The van der Waals surface area contributed by atoms with E-state index in [1.807, 2.05) is 12.1 Å². The van der Waals surface area contributed by atoms with Crippen LogP contribution in [0.4, 0.5) is 0 Å². The van der Waals surface area contributed by atoms with Crippen molar-refractivity contribution < 1.29 is 0 Å². The summed E-state index contributed by atoms with van der Waals surface area (Å²) in [5.41, 5.74) is 1.80. The lowest BCUT2D eigenvalue weighted by Gasteiger charge is -2.37. The molecule has 0 atom stereocenters. The maximum Gasteiger partial charge on any atom is 0.0769 e. The molecule has 0 aliphatic heterocycles. The van der Waals surface area contributed by atoms with Gasteiger partial charge in [-0.05, 0) is 56.1 Å². The maximum atomic E-state index is 4.12. The monoisotopic (exact) mass is 245 g/mol. The molecule has 0 aromatic carbocycles. The van der Waals surface area contributed by atoms with Crippen molar-refractivity contribution in [1.82, 2.24) is 15.5 Å². The minimum Gasteiger partial charge on any atom is -0.308 e.